The van der Waals surface area contributed by atoms with Crippen LogP contribution in [0.2, 0.25) is 0 Å². The lowest BCUT2D eigenvalue weighted by Gasteiger charge is -2.23. The molecule has 0 radical (unpaired) electrons. The summed E-state index contributed by atoms with van der Waals surface area (Å²) in [5.74, 6) is -0.124. The van der Waals surface area contributed by atoms with E-state index in [0.717, 1.165) is 19.3 Å². The van der Waals surface area contributed by atoms with E-state index in [1.807, 2.05) is 0 Å². The maximum absolute atomic E-state index is 11.7. The highest BCUT2D eigenvalue weighted by molar-refractivity contribution is 7.45. The summed E-state index contributed by atoms with van der Waals surface area (Å²) < 4.78 is 20.4. The molecule has 0 rings (SSSR count). The Morgan fingerprint density at radius 3 is 1.81 bits per heavy atom. The van der Waals surface area contributed by atoms with E-state index in [9.17, 15) is 14.3 Å². The van der Waals surface area contributed by atoms with Crippen molar-refractivity contribution < 1.29 is 33.5 Å². The maximum Gasteiger partial charge on any atom is 0.268 e. The minimum atomic E-state index is -4.55. The Morgan fingerprint density at radius 1 is 0.875 bits per heavy atom. The lowest BCUT2D eigenvalue weighted by atomic mass is 10.0. The molecule has 0 aromatic rings. The molecule has 9 heteroatoms. The van der Waals surface area contributed by atoms with E-state index in [1.165, 1.54) is 77.0 Å². The second kappa shape index (κ2) is 22.3. The highest BCUT2D eigenvalue weighted by atomic mass is 31.2. The molecular formula is C23H47NO7P-. The maximum atomic E-state index is 11.7. The van der Waals surface area contributed by atoms with Gasteiger partial charge in [-0.1, -0.05) is 96.8 Å². The first kappa shape index (κ1) is 31.5. The van der Waals surface area contributed by atoms with Crippen LogP contribution in [0.15, 0.2) is 0 Å². The average molecular weight is 481 g/mol. The van der Waals surface area contributed by atoms with Crippen molar-refractivity contribution in [2.45, 2.75) is 116 Å². The first-order chi connectivity index (χ1) is 15.4. The molecule has 3 N–H and O–H groups in total. The Kier molecular flexibility index (Phi) is 22.0. The number of aliphatic hydroxyl groups excluding tert-OH is 2. The number of aliphatic hydroxyl groups is 2. The zero-order chi connectivity index (χ0) is 23.9. The number of carbonyl (C=O) groups excluding carboxylic acids is 1. The van der Waals surface area contributed by atoms with Gasteiger partial charge in [0, 0.05) is 13.0 Å². The minimum absolute atomic E-state index is 0.0652. The molecule has 0 aliphatic heterocycles. The highest BCUT2D eigenvalue weighted by Crippen LogP contribution is 2.37. The number of phosphoric ester groups is 1. The smallest absolute Gasteiger partial charge is 0.268 e. The molecule has 0 saturated carbocycles. The molecule has 0 aromatic carbocycles. The zero-order valence-corrected chi connectivity index (χ0v) is 21.0. The van der Waals surface area contributed by atoms with Gasteiger partial charge in [0.1, 0.15) is 6.10 Å². The van der Waals surface area contributed by atoms with Gasteiger partial charge in [-0.25, -0.2) is 0 Å². The van der Waals surface area contributed by atoms with E-state index >= 15 is 0 Å². The highest BCUT2D eigenvalue weighted by Gasteiger charge is 2.12. The van der Waals surface area contributed by atoms with Crippen molar-refractivity contribution in [2.75, 3.05) is 26.4 Å². The molecule has 0 bridgehead atoms. The molecule has 8 nitrogen and oxygen atoms in total. The van der Waals surface area contributed by atoms with Crippen LogP contribution in [-0.4, -0.2) is 48.6 Å². The number of phosphoric acid groups is 1. The van der Waals surface area contributed by atoms with Gasteiger partial charge in [-0.15, -0.1) is 0 Å². The van der Waals surface area contributed by atoms with Crippen molar-refractivity contribution in [1.29, 1.82) is 0 Å². The number of amides is 1. The number of unbranched alkanes of at least 4 members (excludes halogenated alkanes) is 14. The number of nitrogens with one attached hydrogen (secondary N) is 1. The second-order valence-electron chi connectivity index (χ2n) is 8.46. The summed E-state index contributed by atoms with van der Waals surface area (Å²) in [4.78, 5) is 23.2. The molecule has 2 atom stereocenters. The quantitative estimate of drug-likeness (QED) is 0.139. The molecule has 1 amide bonds. The van der Waals surface area contributed by atoms with Gasteiger partial charge in [-0.2, -0.15) is 0 Å². The van der Waals surface area contributed by atoms with Crippen molar-refractivity contribution >= 4 is 13.7 Å². The summed E-state index contributed by atoms with van der Waals surface area (Å²) in [6.45, 7) is 0.914. The summed E-state index contributed by atoms with van der Waals surface area (Å²) in [6, 6.07) is 0. The van der Waals surface area contributed by atoms with Gasteiger partial charge in [0.25, 0.3) is 7.82 Å². The summed E-state index contributed by atoms with van der Waals surface area (Å²) in [7, 11) is -4.55. The van der Waals surface area contributed by atoms with E-state index < -0.39 is 27.1 Å². The van der Waals surface area contributed by atoms with Crippen LogP contribution in [0.5, 0.6) is 0 Å². The van der Waals surface area contributed by atoms with Crippen LogP contribution in [0.1, 0.15) is 110 Å². The fourth-order valence-electron chi connectivity index (χ4n) is 3.36. The Bertz CT molecular complexity index is 479. The van der Waals surface area contributed by atoms with Gasteiger partial charge in [0.2, 0.25) is 5.91 Å². The molecule has 0 aliphatic carbocycles. The molecule has 0 saturated heterocycles. The Labute approximate surface area is 195 Å². The predicted molar refractivity (Wildman–Crippen MR) is 125 cm³/mol. The third-order valence-electron chi connectivity index (χ3n) is 5.32. The molecular weight excluding hydrogens is 433 g/mol. The third-order valence-corrected chi connectivity index (χ3v) is 6.28. The van der Waals surface area contributed by atoms with Crippen molar-refractivity contribution in [1.82, 2.24) is 5.32 Å². The first-order valence-corrected chi connectivity index (χ1v) is 14.0. The van der Waals surface area contributed by atoms with Crippen LogP contribution in [0.4, 0.5) is 0 Å². The van der Waals surface area contributed by atoms with Gasteiger partial charge in [0.05, 0.1) is 19.8 Å². The Balaban J connectivity index is 3.37. The predicted octanol–water partition coefficient (Wildman–Crippen LogP) is 4.22. The second-order valence-corrected chi connectivity index (χ2v) is 9.87. The third kappa shape index (κ3) is 22.7. The molecule has 32 heavy (non-hydrogen) atoms. The molecule has 1 unspecified atom stereocenters. The van der Waals surface area contributed by atoms with Crippen molar-refractivity contribution in [3.63, 3.8) is 0 Å². The van der Waals surface area contributed by atoms with Gasteiger partial charge in [-0.3, -0.25) is 9.36 Å². The first-order valence-electron chi connectivity index (χ1n) is 12.6. The molecule has 192 valence electrons. The zero-order valence-electron chi connectivity index (χ0n) is 20.1. The molecule has 0 heterocycles. The SMILES string of the molecule is CCCCCCCCCCCCCCCCCC(=O)NCCOP(=O)([O-])OC[C@H](O)CO. The van der Waals surface area contributed by atoms with Gasteiger partial charge < -0.3 is 29.5 Å². The molecule has 0 aliphatic rings. The fraction of sp³-hybridized carbons (Fsp3) is 0.957. The molecule has 0 aromatic heterocycles. The van der Waals surface area contributed by atoms with Crippen molar-refractivity contribution in [3.8, 4) is 0 Å². The summed E-state index contributed by atoms with van der Waals surface area (Å²) >= 11 is 0. The van der Waals surface area contributed by atoms with Crippen LogP contribution in [0.3, 0.4) is 0 Å². The van der Waals surface area contributed by atoms with Crippen LogP contribution < -0.4 is 10.2 Å². The summed E-state index contributed by atoms with van der Waals surface area (Å²) in [5.41, 5.74) is 0. The van der Waals surface area contributed by atoms with Crippen LogP contribution >= 0.6 is 7.82 Å². The summed E-state index contributed by atoms with van der Waals surface area (Å²) in [6.07, 6.45) is 18.3. The largest absolute Gasteiger partial charge is 0.756 e. The number of hydrogen-bond acceptors (Lipinski definition) is 7. The lowest BCUT2D eigenvalue weighted by molar-refractivity contribution is -0.227. The Hall–Kier alpha value is -0.500. The fourth-order valence-corrected chi connectivity index (χ4v) is 4.10. The van der Waals surface area contributed by atoms with Crippen LogP contribution in [0, 0.1) is 0 Å². The Morgan fingerprint density at radius 2 is 1.34 bits per heavy atom. The normalized spacial score (nSPS) is 14.2. The van der Waals surface area contributed by atoms with E-state index in [0.29, 0.717) is 6.42 Å². The van der Waals surface area contributed by atoms with Crippen molar-refractivity contribution in [3.05, 3.63) is 0 Å². The monoisotopic (exact) mass is 480 g/mol. The summed E-state index contributed by atoms with van der Waals surface area (Å²) in [5, 5.41) is 20.3. The van der Waals surface area contributed by atoms with E-state index in [2.05, 4.69) is 21.3 Å². The standard InChI is InChI=1S/C23H48NO7P/c1-2-3-4-5-6-7-8-9-10-11-12-13-14-15-16-17-23(27)24-18-19-30-32(28,29)31-21-22(26)20-25/h22,25-26H,2-21H2,1H3,(H,24,27)(H,28,29)/p-1/t22-/m1/s1. The topological polar surface area (TPSA) is 128 Å². The lowest BCUT2D eigenvalue weighted by Crippen LogP contribution is -2.28. The average Bonchev–Trinajstić information content (AvgIpc) is 2.77. The molecule has 0 spiro atoms. The van der Waals surface area contributed by atoms with Gasteiger partial charge in [0.15, 0.2) is 0 Å². The molecule has 0 fully saturated rings. The van der Waals surface area contributed by atoms with E-state index in [-0.39, 0.29) is 19.1 Å². The van der Waals surface area contributed by atoms with Gasteiger partial charge in [-0.05, 0) is 6.42 Å². The van der Waals surface area contributed by atoms with Crippen LogP contribution in [-0.2, 0) is 18.4 Å². The van der Waals surface area contributed by atoms with Crippen molar-refractivity contribution in [2.24, 2.45) is 0 Å². The van der Waals surface area contributed by atoms with Crippen LogP contribution in [0.25, 0.3) is 0 Å². The van der Waals surface area contributed by atoms with E-state index in [4.69, 9.17) is 10.2 Å². The van der Waals surface area contributed by atoms with E-state index in [1.54, 1.807) is 0 Å². The number of rotatable bonds is 24. The van der Waals surface area contributed by atoms with Gasteiger partial charge >= 0.3 is 0 Å². The number of hydrogen-bond donors (Lipinski definition) is 3. The number of carbonyl (C=O) groups is 1. The minimum Gasteiger partial charge on any atom is -0.756 e.